The van der Waals surface area contributed by atoms with Crippen LogP contribution in [0.5, 0.6) is 0 Å². The fraction of sp³-hybridized carbons (Fsp3) is 0.227. The highest BCUT2D eigenvalue weighted by atomic mass is 32.1. The molecule has 2 aromatic carbocycles. The van der Waals surface area contributed by atoms with Gasteiger partial charge < -0.3 is 9.88 Å². The van der Waals surface area contributed by atoms with E-state index in [2.05, 4.69) is 70.7 Å². The molecule has 0 radical (unpaired) electrons. The van der Waals surface area contributed by atoms with Crippen molar-refractivity contribution < 1.29 is 4.79 Å². The van der Waals surface area contributed by atoms with Crippen molar-refractivity contribution >= 4 is 44.7 Å². The van der Waals surface area contributed by atoms with Gasteiger partial charge in [0.1, 0.15) is 0 Å². The van der Waals surface area contributed by atoms with Crippen LogP contribution in [0.1, 0.15) is 24.6 Å². The Bertz CT molecular complexity index is 1050. The number of carbonyl (C=O) groups excluding carboxylic acids is 1. The Morgan fingerprint density at radius 1 is 1.04 bits per heavy atom. The molecular weight excluding hydrogens is 340 g/mol. The van der Waals surface area contributed by atoms with Gasteiger partial charge in [0.15, 0.2) is 0 Å². The maximum absolute atomic E-state index is 12.3. The maximum Gasteiger partial charge on any atom is 0.224 e. The number of nitrogens with one attached hydrogen (secondary N) is 1. The van der Waals surface area contributed by atoms with Crippen molar-refractivity contribution in [1.29, 1.82) is 0 Å². The van der Waals surface area contributed by atoms with Gasteiger partial charge in [-0.15, -0.1) is 11.3 Å². The summed E-state index contributed by atoms with van der Waals surface area (Å²) in [6.07, 6.45) is 2.39. The third-order valence-corrected chi connectivity index (χ3v) is 5.72. The van der Waals surface area contributed by atoms with Gasteiger partial charge in [0.2, 0.25) is 5.91 Å². The van der Waals surface area contributed by atoms with E-state index in [4.69, 9.17) is 0 Å². The summed E-state index contributed by atoms with van der Waals surface area (Å²) in [5.41, 5.74) is 3.33. The fourth-order valence-electron chi connectivity index (χ4n) is 3.57. The summed E-state index contributed by atoms with van der Waals surface area (Å²) >= 11 is 1.75. The van der Waals surface area contributed by atoms with Crippen LogP contribution in [0.15, 0.2) is 60.0 Å². The number of thiophene rings is 1. The van der Waals surface area contributed by atoms with Crippen molar-refractivity contribution in [2.24, 2.45) is 0 Å². The van der Waals surface area contributed by atoms with E-state index in [-0.39, 0.29) is 5.91 Å². The zero-order valence-corrected chi connectivity index (χ0v) is 15.7. The van der Waals surface area contributed by atoms with Crippen molar-refractivity contribution in [2.75, 3.05) is 5.32 Å². The minimum absolute atomic E-state index is 0.0835. The molecule has 132 valence electrons. The Balaban J connectivity index is 1.52. The molecule has 0 aliphatic heterocycles. The Labute approximate surface area is 157 Å². The second-order valence-electron chi connectivity index (χ2n) is 6.47. The first kappa shape index (κ1) is 16.9. The van der Waals surface area contributed by atoms with Crippen LogP contribution in [0.2, 0.25) is 0 Å². The topological polar surface area (TPSA) is 34.0 Å². The van der Waals surface area contributed by atoms with Gasteiger partial charge in [0.05, 0.1) is 0 Å². The first-order chi connectivity index (χ1) is 12.8. The van der Waals surface area contributed by atoms with E-state index in [0.717, 1.165) is 25.1 Å². The van der Waals surface area contributed by atoms with Gasteiger partial charge in [-0.25, -0.2) is 0 Å². The predicted molar refractivity (Wildman–Crippen MR) is 111 cm³/mol. The molecule has 2 aromatic heterocycles. The highest BCUT2D eigenvalue weighted by Gasteiger charge is 2.10. The van der Waals surface area contributed by atoms with Crippen LogP contribution >= 0.6 is 11.3 Å². The molecule has 1 amide bonds. The van der Waals surface area contributed by atoms with Crippen molar-refractivity contribution in [3.8, 4) is 0 Å². The van der Waals surface area contributed by atoms with Crippen molar-refractivity contribution in [1.82, 2.24) is 4.57 Å². The molecule has 0 saturated heterocycles. The predicted octanol–water partition coefficient (Wildman–Crippen LogP) is 5.84. The Morgan fingerprint density at radius 3 is 2.69 bits per heavy atom. The van der Waals surface area contributed by atoms with Crippen LogP contribution in [0.4, 0.5) is 5.69 Å². The minimum Gasteiger partial charge on any atom is -0.341 e. The second kappa shape index (κ2) is 7.34. The number of para-hydroxylation sites is 1. The third-order valence-electron chi connectivity index (χ3n) is 4.78. The number of aryl methyl sites for hydroxylation is 2. The lowest BCUT2D eigenvalue weighted by atomic mass is 10.1. The average molecular weight is 362 g/mol. The van der Waals surface area contributed by atoms with Crippen molar-refractivity contribution in [3.63, 3.8) is 0 Å². The van der Waals surface area contributed by atoms with Crippen LogP contribution in [-0.2, 0) is 17.8 Å². The number of anilines is 1. The quantitative estimate of drug-likeness (QED) is 0.459. The molecule has 3 nitrogen and oxygen atoms in total. The number of hydrogen-bond acceptors (Lipinski definition) is 2. The summed E-state index contributed by atoms with van der Waals surface area (Å²) in [5.74, 6) is 0.0835. The van der Waals surface area contributed by atoms with E-state index in [1.54, 1.807) is 11.3 Å². The number of benzene rings is 2. The lowest BCUT2D eigenvalue weighted by Gasteiger charge is -2.06. The number of amides is 1. The van der Waals surface area contributed by atoms with Gasteiger partial charge in [-0.1, -0.05) is 24.3 Å². The van der Waals surface area contributed by atoms with Gasteiger partial charge in [0.25, 0.3) is 0 Å². The molecule has 0 saturated carbocycles. The maximum atomic E-state index is 12.3. The standard InChI is InChI=1S/C22H22N2OS/c1-2-24-20-10-4-3-9-18(20)19-15-16(12-13-21(19)24)23-22(25)11-5-7-17-8-6-14-26-17/h3-4,6,8-10,12-15H,2,5,7,11H2,1H3,(H,23,25). The number of carbonyl (C=O) groups is 1. The summed E-state index contributed by atoms with van der Waals surface area (Å²) in [5, 5.41) is 7.57. The molecule has 4 heteroatoms. The van der Waals surface area contributed by atoms with Gasteiger partial charge >= 0.3 is 0 Å². The fourth-order valence-corrected chi connectivity index (χ4v) is 4.32. The zero-order chi connectivity index (χ0) is 17.9. The normalized spacial score (nSPS) is 11.3. The lowest BCUT2D eigenvalue weighted by Crippen LogP contribution is -2.11. The SMILES string of the molecule is CCn1c2ccccc2c2cc(NC(=O)CCCc3cccs3)ccc21. The van der Waals surface area contributed by atoms with E-state index < -0.39 is 0 Å². The van der Waals surface area contributed by atoms with Gasteiger partial charge in [-0.3, -0.25) is 4.79 Å². The van der Waals surface area contributed by atoms with Gasteiger partial charge in [-0.05, 0) is 55.5 Å². The van der Waals surface area contributed by atoms with E-state index in [1.165, 1.54) is 26.7 Å². The molecule has 0 spiro atoms. The monoisotopic (exact) mass is 362 g/mol. The van der Waals surface area contributed by atoms with Crippen LogP contribution in [0, 0.1) is 0 Å². The van der Waals surface area contributed by atoms with Crippen molar-refractivity contribution in [3.05, 3.63) is 64.9 Å². The van der Waals surface area contributed by atoms with Crippen LogP contribution < -0.4 is 5.32 Å². The molecule has 0 aliphatic carbocycles. The van der Waals surface area contributed by atoms with Gasteiger partial charge in [0, 0.05) is 45.3 Å². The summed E-state index contributed by atoms with van der Waals surface area (Å²) < 4.78 is 2.32. The van der Waals surface area contributed by atoms with Crippen LogP contribution in [0.3, 0.4) is 0 Å². The molecule has 0 atom stereocenters. The highest BCUT2D eigenvalue weighted by Crippen LogP contribution is 2.31. The molecule has 4 aromatic rings. The molecular formula is C22H22N2OS. The first-order valence-electron chi connectivity index (χ1n) is 9.09. The van der Waals surface area contributed by atoms with E-state index >= 15 is 0 Å². The summed E-state index contributed by atoms with van der Waals surface area (Å²) in [4.78, 5) is 13.6. The Kier molecular flexibility index (Phi) is 4.76. The van der Waals surface area contributed by atoms with Gasteiger partial charge in [-0.2, -0.15) is 0 Å². The number of hydrogen-bond donors (Lipinski definition) is 1. The average Bonchev–Trinajstić information content (AvgIpc) is 3.27. The Hall–Kier alpha value is -2.59. The highest BCUT2D eigenvalue weighted by molar-refractivity contribution is 7.09. The van der Waals surface area contributed by atoms with Crippen molar-refractivity contribution in [2.45, 2.75) is 32.7 Å². The number of fused-ring (bicyclic) bond motifs is 3. The summed E-state index contributed by atoms with van der Waals surface area (Å²) in [6, 6.07) is 18.8. The second-order valence-corrected chi connectivity index (χ2v) is 7.51. The summed E-state index contributed by atoms with van der Waals surface area (Å²) in [7, 11) is 0. The minimum atomic E-state index is 0.0835. The smallest absolute Gasteiger partial charge is 0.224 e. The van der Waals surface area contributed by atoms with Crippen LogP contribution in [-0.4, -0.2) is 10.5 Å². The molecule has 0 fully saturated rings. The summed E-state index contributed by atoms with van der Waals surface area (Å²) in [6.45, 7) is 3.09. The molecule has 0 bridgehead atoms. The zero-order valence-electron chi connectivity index (χ0n) is 14.9. The first-order valence-corrected chi connectivity index (χ1v) is 9.97. The largest absolute Gasteiger partial charge is 0.341 e. The Morgan fingerprint density at radius 2 is 1.88 bits per heavy atom. The molecule has 26 heavy (non-hydrogen) atoms. The van der Waals surface area contributed by atoms with E-state index in [0.29, 0.717) is 6.42 Å². The number of nitrogens with zero attached hydrogens (tertiary/aromatic N) is 1. The number of aromatic nitrogens is 1. The molecule has 0 unspecified atom stereocenters. The third kappa shape index (κ3) is 3.25. The molecule has 0 aliphatic rings. The molecule has 2 heterocycles. The van der Waals surface area contributed by atoms with E-state index in [9.17, 15) is 4.79 Å². The van der Waals surface area contributed by atoms with Crippen LogP contribution in [0.25, 0.3) is 21.8 Å². The van der Waals surface area contributed by atoms with E-state index in [1.807, 2.05) is 6.07 Å². The molecule has 1 N–H and O–H groups in total. The molecule has 4 rings (SSSR count). The number of rotatable bonds is 6. The lowest BCUT2D eigenvalue weighted by molar-refractivity contribution is -0.116.